The summed E-state index contributed by atoms with van der Waals surface area (Å²) in [4.78, 5) is 4.60. The molecule has 0 aliphatic heterocycles. The maximum Gasteiger partial charge on any atom is 0.0510 e. The largest absolute Gasteiger partial charge is 0.326 e. The normalized spacial score (nSPS) is 18.1. The van der Waals surface area contributed by atoms with E-state index >= 15 is 0 Å². The van der Waals surface area contributed by atoms with Gasteiger partial charge in [0.2, 0.25) is 0 Å². The van der Waals surface area contributed by atoms with E-state index in [9.17, 15) is 0 Å². The van der Waals surface area contributed by atoms with Crippen LogP contribution in [0.25, 0.3) is 0 Å². The van der Waals surface area contributed by atoms with Gasteiger partial charge in [-0.1, -0.05) is 23.7 Å². The molecule has 0 fully saturated rings. The monoisotopic (exact) mass is 272 g/mol. The molecule has 1 aromatic heterocycles. The SMILES string of the molecule is NCc1cc(Cl)ccc1C1CCCc2cccnc21. The van der Waals surface area contributed by atoms with E-state index < -0.39 is 0 Å². The van der Waals surface area contributed by atoms with Crippen molar-refractivity contribution >= 4 is 11.6 Å². The second-order valence-corrected chi connectivity index (χ2v) is 5.48. The molecule has 2 N–H and O–H groups in total. The van der Waals surface area contributed by atoms with Crippen molar-refractivity contribution in [1.29, 1.82) is 0 Å². The van der Waals surface area contributed by atoms with Crippen LogP contribution in [0.15, 0.2) is 36.5 Å². The fraction of sp³-hybridized carbons (Fsp3) is 0.312. The van der Waals surface area contributed by atoms with Crippen LogP contribution in [-0.4, -0.2) is 4.98 Å². The number of nitrogens with zero attached hydrogens (tertiary/aromatic N) is 1. The van der Waals surface area contributed by atoms with Crippen LogP contribution in [0.5, 0.6) is 0 Å². The molecule has 0 spiro atoms. The van der Waals surface area contributed by atoms with Crippen molar-refractivity contribution in [3.05, 3.63) is 63.9 Å². The highest BCUT2D eigenvalue weighted by Gasteiger charge is 2.24. The Bertz CT molecular complexity index is 595. The first-order valence-corrected chi connectivity index (χ1v) is 7.09. The van der Waals surface area contributed by atoms with Crippen LogP contribution >= 0.6 is 11.6 Å². The average Bonchev–Trinajstić information content (AvgIpc) is 2.46. The maximum absolute atomic E-state index is 6.06. The molecule has 1 aromatic carbocycles. The summed E-state index contributed by atoms with van der Waals surface area (Å²) in [6.07, 6.45) is 5.36. The van der Waals surface area contributed by atoms with Gasteiger partial charge in [0.15, 0.2) is 0 Å². The quantitative estimate of drug-likeness (QED) is 0.906. The van der Waals surface area contributed by atoms with E-state index in [-0.39, 0.29) is 0 Å². The Balaban J connectivity index is 2.09. The molecule has 98 valence electrons. The Labute approximate surface area is 118 Å². The van der Waals surface area contributed by atoms with Crippen LogP contribution in [0.1, 0.15) is 41.1 Å². The van der Waals surface area contributed by atoms with Gasteiger partial charge < -0.3 is 5.73 Å². The number of rotatable bonds is 2. The molecule has 3 rings (SSSR count). The molecule has 2 nitrogen and oxygen atoms in total. The summed E-state index contributed by atoms with van der Waals surface area (Å²) >= 11 is 6.06. The number of nitrogens with two attached hydrogens (primary N) is 1. The lowest BCUT2D eigenvalue weighted by atomic mass is 9.80. The maximum atomic E-state index is 6.06. The Morgan fingerprint density at radius 2 is 2.21 bits per heavy atom. The molecular weight excluding hydrogens is 256 g/mol. The van der Waals surface area contributed by atoms with Gasteiger partial charge in [-0.2, -0.15) is 0 Å². The Kier molecular flexibility index (Phi) is 3.54. The van der Waals surface area contributed by atoms with Crippen LogP contribution in [0.4, 0.5) is 0 Å². The van der Waals surface area contributed by atoms with Crippen LogP contribution < -0.4 is 5.73 Å². The Morgan fingerprint density at radius 3 is 3.05 bits per heavy atom. The zero-order valence-corrected chi connectivity index (χ0v) is 11.5. The first kappa shape index (κ1) is 12.6. The van der Waals surface area contributed by atoms with Gasteiger partial charge in [-0.05, 0) is 54.2 Å². The van der Waals surface area contributed by atoms with Crippen LogP contribution in [-0.2, 0) is 13.0 Å². The highest BCUT2D eigenvalue weighted by Crippen LogP contribution is 2.37. The second-order valence-electron chi connectivity index (χ2n) is 5.04. The molecule has 1 unspecified atom stereocenters. The van der Waals surface area contributed by atoms with Crippen molar-refractivity contribution in [2.75, 3.05) is 0 Å². The molecule has 1 aliphatic rings. The molecule has 0 radical (unpaired) electrons. The third-order valence-corrected chi connectivity index (χ3v) is 4.13. The van der Waals surface area contributed by atoms with E-state index in [0.717, 1.165) is 23.4 Å². The third kappa shape index (κ3) is 2.38. The molecule has 0 saturated carbocycles. The van der Waals surface area contributed by atoms with Gasteiger partial charge in [0.25, 0.3) is 0 Å². The minimum atomic E-state index is 0.362. The minimum absolute atomic E-state index is 0.362. The predicted molar refractivity (Wildman–Crippen MR) is 78.4 cm³/mol. The number of pyridine rings is 1. The van der Waals surface area contributed by atoms with Gasteiger partial charge >= 0.3 is 0 Å². The smallest absolute Gasteiger partial charge is 0.0510 e. The zero-order chi connectivity index (χ0) is 13.2. The van der Waals surface area contributed by atoms with Gasteiger partial charge in [-0.3, -0.25) is 4.98 Å². The zero-order valence-electron chi connectivity index (χ0n) is 10.8. The van der Waals surface area contributed by atoms with Crippen molar-refractivity contribution in [1.82, 2.24) is 4.98 Å². The summed E-state index contributed by atoms with van der Waals surface area (Å²) in [6.45, 7) is 0.522. The summed E-state index contributed by atoms with van der Waals surface area (Å²) in [5.74, 6) is 0.362. The lowest BCUT2D eigenvalue weighted by Gasteiger charge is -2.26. The summed E-state index contributed by atoms with van der Waals surface area (Å²) < 4.78 is 0. The number of benzene rings is 1. The number of halogens is 1. The van der Waals surface area contributed by atoms with Gasteiger partial charge in [0.05, 0.1) is 5.69 Å². The standard InChI is InChI=1S/C16H17ClN2/c17-13-6-7-14(12(9-13)10-18)15-5-1-3-11-4-2-8-19-16(11)15/h2,4,6-9,15H,1,3,5,10,18H2. The van der Waals surface area contributed by atoms with Crippen molar-refractivity contribution < 1.29 is 0 Å². The van der Waals surface area contributed by atoms with Crippen molar-refractivity contribution in [2.45, 2.75) is 31.7 Å². The average molecular weight is 273 g/mol. The van der Waals surface area contributed by atoms with Crippen molar-refractivity contribution in [3.63, 3.8) is 0 Å². The number of hydrogen-bond donors (Lipinski definition) is 1. The van der Waals surface area contributed by atoms with Crippen molar-refractivity contribution in [3.8, 4) is 0 Å². The van der Waals surface area contributed by atoms with Gasteiger partial charge in [0, 0.05) is 23.7 Å². The third-order valence-electron chi connectivity index (χ3n) is 3.90. The fourth-order valence-electron chi connectivity index (χ4n) is 3.00. The highest BCUT2D eigenvalue weighted by atomic mass is 35.5. The Morgan fingerprint density at radius 1 is 1.32 bits per heavy atom. The van der Waals surface area contributed by atoms with E-state index in [1.165, 1.54) is 23.2 Å². The number of hydrogen-bond acceptors (Lipinski definition) is 2. The van der Waals surface area contributed by atoms with E-state index in [0.29, 0.717) is 12.5 Å². The van der Waals surface area contributed by atoms with Crippen molar-refractivity contribution in [2.24, 2.45) is 5.73 Å². The molecule has 0 amide bonds. The van der Waals surface area contributed by atoms with Crippen LogP contribution in [0, 0.1) is 0 Å². The van der Waals surface area contributed by atoms with E-state index in [4.69, 9.17) is 17.3 Å². The van der Waals surface area contributed by atoms with E-state index in [1.807, 2.05) is 24.4 Å². The molecule has 0 saturated heterocycles. The Hall–Kier alpha value is -1.38. The molecule has 19 heavy (non-hydrogen) atoms. The molecule has 2 aromatic rings. The van der Waals surface area contributed by atoms with Gasteiger partial charge in [-0.15, -0.1) is 0 Å². The highest BCUT2D eigenvalue weighted by molar-refractivity contribution is 6.30. The minimum Gasteiger partial charge on any atom is -0.326 e. The first-order chi connectivity index (χ1) is 9.29. The topological polar surface area (TPSA) is 38.9 Å². The molecule has 3 heteroatoms. The number of fused-ring (bicyclic) bond motifs is 1. The van der Waals surface area contributed by atoms with Gasteiger partial charge in [0.1, 0.15) is 0 Å². The fourth-order valence-corrected chi connectivity index (χ4v) is 3.20. The second kappa shape index (κ2) is 5.32. The molecule has 0 bridgehead atoms. The van der Waals surface area contributed by atoms with Gasteiger partial charge in [-0.25, -0.2) is 0 Å². The lowest BCUT2D eigenvalue weighted by Crippen LogP contribution is -2.15. The summed E-state index contributed by atoms with van der Waals surface area (Å²) in [5.41, 5.74) is 10.9. The van der Waals surface area contributed by atoms with E-state index in [2.05, 4.69) is 17.1 Å². The first-order valence-electron chi connectivity index (χ1n) is 6.72. The summed E-state index contributed by atoms with van der Waals surface area (Å²) in [6, 6.07) is 10.2. The number of aromatic nitrogens is 1. The molecule has 1 heterocycles. The summed E-state index contributed by atoms with van der Waals surface area (Å²) in [5, 5.41) is 0.751. The van der Waals surface area contributed by atoms with Crippen LogP contribution in [0.2, 0.25) is 5.02 Å². The number of aryl methyl sites for hydroxylation is 1. The molecular formula is C16H17ClN2. The predicted octanol–water partition coefficient (Wildman–Crippen LogP) is 3.66. The van der Waals surface area contributed by atoms with Crippen LogP contribution in [0.3, 0.4) is 0 Å². The molecule has 1 atom stereocenters. The van der Waals surface area contributed by atoms with E-state index in [1.54, 1.807) is 0 Å². The summed E-state index contributed by atoms with van der Waals surface area (Å²) in [7, 11) is 0. The molecule has 1 aliphatic carbocycles. The lowest BCUT2D eigenvalue weighted by molar-refractivity contribution is 0.595.